The SMILES string of the molecule is CCCCCCCC/C=C\CCCCCCCC(=O)C(N)C(=O)CCCCCCC/C=C\CCCCCCCC. The van der Waals surface area contributed by atoms with Gasteiger partial charge in [0, 0.05) is 12.8 Å². The van der Waals surface area contributed by atoms with Gasteiger partial charge in [-0.3, -0.25) is 9.59 Å². The van der Waals surface area contributed by atoms with Gasteiger partial charge in [-0.2, -0.15) is 0 Å². The summed E-state index contributed by atoms with van der Waals surface area (Å²) >= 11 is 0. The van der Waals surface area contributed by atoms with Crippen LogP contribution in [0.25, 0.3) is 0 Å². The molecule has 0 fully saturated rings. The lowest BCUT2D eigenvalue weighted by molar-refractivity contribution is -0.129. The van der Waals surface area contributed by atoms with Crippen molar-refractivity contribution in [2.75, 3.05) is 0 Å². The van der Waals surface area contributed by atoms with Gasteiger partial charge in [0.1, 0.15) is 6.04 Å². The summed E-state index contributed by atoms with van der Waals surface area (Å²) in [5.74, 6) is -0.120. The third-order valence-corrected chi connectivity index (χ3v) is 8.06. The molecule has 0 aromatic carbocycles. The molecule has 0 bridgehead atoms. The van der Waals surface area contributed by atoms with Gasteiger partial charge in [0.2, 0.25) is 0 Å². The Morgan fingerprint density at radius 1 is 0.425 bits per heavy atom. The van der Waals surface area contributed by atoms with Crippen LogP contribution < -0.4 is 5.73 Å². The molecule has 234 valence electrons. The monoisotopic (exact) mass is 560 g/mol. The second-order valence-electron chi connectivity index (χ2n) is 12.1. The first-order chi connectivity index (χ1) is 19.6. The Balaban J connectivity index is 3.51. The van der Waals surface area contributed by atoms with Crippen molar-refractivity contribution < 1.29 is 9.59 Å². The van der Waals surface area contributed by atoms with Crippen LogP contribution >= 0.6 is 0 Å². The van der Waals surface area contributed by atoms with Crippen LogP contribution in [0.15, 0.2) is 24.3 Å². The standard InChI is InChI=1S/C37H69NO2/c1-3-5-7-9-11-13-15-17-19-21-23-25-27-29-31-33-35(39)37(38)36(40)34-32-30-28-26-24-22-20-18-16-14-12-10-8-6-4-2/h17-20,37H,3-16,21-34,38H2,1-2H3/b19-17-,20-18-. The summed E-state index contributed by atoms with van der Waals surface area (Å²) in [7, 11) is 0. The molecule has 0 aliphatic rings. The average Bonchev–Trinajstić information content (AvgIpc) is 2.96. The molecule has 0 aliphatic carbocycles. The molecule has 0 saturated carbocycles. The molecule has 0 rings (SSSR count). The zero-order valence-corrected chi connectivity index (χ0v) is 27.1. The fourth-order valence-corrected chi connectivity index (χ4v) is 5.23. The summed E-state index contributed by atoms with van der Waals surface area (Å²) in [6, 6.07) is -0.895. The minimum atomic E-state index is -0.895. The number of Topliss-reactive ketones (excluding diaryl/α,β-unsaturated/α-hetero) is 2. The summed E-state index contributed by atoms with van der Waals surface area (Å²) in [5.41, 5.74) is 5.97. The number of hydrogen-bond acceptors (Lipinski definition) is 3. The largest absolute Gasteiger partial charge is 0.315 e. The van der Waals surface area contributed by atoms with Gasteiger partial charge in [0.05, 0.1) is 0 Å². The van der Waals surface area contributed by atoms with E-state index in [1.807, 2.05) is 0 Å². The van der Waals surface area contributed by atoms with Crippen LogP contribution in [-0.4, -0.2) is 17.6 Å². The summed E-state index contributed by atoms with van der Waals surface area (Å²) in [6.45, 7) is 4.53. The number of carbonyl (C=O) groups excluding carboxylic acids is 2. The zero-order valence-electron chi connectivity index (χ0n) is 27.1. The van der Waals surface area contributed by atoms with Crippen molar-refractivity contribution in [3.8, 4) is 0 Å². The smallest absolute Gasteiger partial charge is 0.157 e. The lowest BCUT2D eigenvalue weighted by Crippen LogP contribution is -2.38. The van der Waals surface area contributed by atoms with E-state index in [2.05, 4.69) is 38.2 Å². The molecular weight excluding hydrogens is 490 g/mol. The van der Waals surface area contributed by atoms with Gasteiger partial charge in [-0.15, -0.1) is 0 Å². The van der Waals surface area contributed by atoms with Gasteiger partial charge >= 0.3 is 0 Å². The second kappa shape index (κ2) is 32.3. The molecular formula is C37H69NO2. The molecule has 0 heterocycles. The first-order valence-electron chi connectivity index (χ1n) is 17.7. The van der Waals surface area contributed by atoms with Gasteiger partial charge in [0.15, 0.2) is 11.6 Å². The lowest BCUT2D eigenvalue weighted by Gasteiger charge is -2.09. The predicted molar refractivity (Wildman–Crippen MR) is 177 cm³/mol. The number of carbonyl (C=O) groups is 2. The number of rotatable bonds is 32. The molecule has 0 amide bonds. The van der Waals surface area contributed by atoms with Crippen LogP contribution in [0.5, 0.6) is 0 Å². The van der Waals surface area contributed by atoms with Crippen LogP contribution in [0.3, 0.4) is 0 Å². The number of ketones is 2. The maximum atomic E-state index is 12.3. The van der Waals surface area contributed by atoms with E-state index in [4.69, 9.17) is 5.73 Å². The van der Waals surface area contributed by atoms with Crippen LogP contribution in [-0.2, 0) is 9.59 Å². The molecule has 0 atom stereocenters. The highest BCUT2D eigenvalue weighted by Gasteiger charge is 2.20. The Hall–Kier alpha value is -1.22. The molecule has 0 radical (unpaired) electrons. The van der Waals surface area contributed by atoms with E-state index in [9.17, 15) is 9.59 Å². The van der Waals surface area contributed by atoms with Crippen molar-refractivity contribution >= 4 is 11.6 Å². The van der Waals surface area contributed by atoms with E-state index in [-0.39, 0.29) is 11.6 Å². The maximum Gasteiger partial charge on any atom is 0.157 e. The molecule has 0 aromatic rings. The third kappa shape index (κ3) is 28.3. The lowest BCUT2D eigenvalue weighted by atomic mass is 9.98. The summed E-state index contributed by atoms with van der Waals surface area (Å²) in [6.07, 6.45) is 42.5. The van der Waals surface area contributed by atoms with Crippen molar-refractivity contribution in [2.45, 2.75) is 200 Å². The number of hydrogen-bond donors (Lipinski definition) is 1. The van der Waals surface area contributed by atoms with E-state index >= 15 is 0 Å². The van der Waals surface area contributed by atoms with Crippen molar-refractivity contribution in [3.05, 3.63) is 24.3 Å². The van der Waals surface area contributed by atoms with Crippen molar-refractivity contribution in [2.24, 2.45) is 5.73 Å². The Morgan fingerprint density at radius 3 is 0.975 bits per heavy atom. The summed E-state index contributed by atoms with van der Waals surface area (Å²) in [5, 5.41) is 0. The van der Waals surface area contributed by atoms with Gasteiger partial charge in [0.25, 0.3) is 0 Å². The first-order valence-corrected chi connectivity index (χ1v) is 17.7. The number of allylic oxidation sites excluding steroid dienone is 4. The number of unbranched alkanes of at least 4 members (excludes halogenated alkanes) is 22. The Bertz CT molecular complexity index is 557. The van der Waals surface area contributed by atoms with Gasteiger partial charge in [-0.05, 0) is 64.2 Å². The summed E-state index contributed by atoms with van der Waals surface area (Å²) < 4.78 is 0. The maximum absolute atomic E-state index is 12.3. The molecule has 0 unspecified atom stereocenters. The van der Waals surface area contributed by atoms with Crippen molar-refractivity contribution in [1.82, 2.24) is 0 Å². The minimum absolute atomic E-state index is 0.0598. The third-order valence-electron chi connectivity index (χ3n) is 8.06. The number of nitrogens with two attached hydrogens (primary N) is 1. The summed E-state index contributed by atoms with van der Waals surface area (Å²) in [4.78, 5) is 24.6. The molecule has 0 aliphatic heterocycles. The Kier molecular flexibility index (Phi) is 31.3. The normalized spacial score (nSPS) is 11.9. The molecule has 0 spiro atoms. The zero-order chi connectivity index (χ0) is 29.4. The van der Waals surface area contributed by atoms with Gasteiger partial charge in [-0.1, -0.05) is 141 Å². The van der Waals surface area contributed by atoms with E-state index < -0.39 is 6.04 Å². The van der Waals surface area contributed by atoms with Crippen LogP contribution in [0.4, 0.5) is 0 Å². The Labute approximate surface area is 250 Å². The van der Waals surface area contributed by atoms with Crippen molar-refractivity contribution in [1.29, 1.82) is 0 Å². The molecule has 3 nitrogen and oxygen atoms in total. The molecule has 40 heavy (non-hydrogen) atoms. The molecule has 0 saturated heterocycles. The van der Waals surface area contributed by atoms with Crippen LogP contribution in [0.2, 0.25) is 0 Å². The first kappa shape index (κ1) is 38.8. The molecule has 0 aromatic heterocycles. The van der Waals surface area contributed by atoms with E-state index in [1.165, 1.54) is 128 Å². The topological polar surface area (TPSA) is 60.2 Å². The van der Waals surface area contributed by atoms with Crippen LogP contribution in [0, 0.1) is 0 Å². The van der Waals surface area contributed by atoms with Crippen LogP contribution in [0.1, 0.15) is 194 Å². The second-order valence-corrected chi connectivity index (χ2v) is 12.1. The minimum Gasteiger partial charge on any atom is -0.315 e. The highest BCUT2D eigenvalue weighted by Crippen LogP contribution is 2.13. The Morgan fingerprint density at radius 2 is 0.675 bits per heavy atom. The van der Waals surface area contributed by atoms with Gasteiger partial charge in [-0.25, -0.2) is 0 Å². The fourth-order valence-electron chi connectivity index (χ4n) is 5.23. The highest BCUT2D eigenvalue weighted by atomic mass is 16.2. The van der Waals surface area contributed by atoms with Gasteiger partial charge < -0.3 is 5.73 Å². The quantitative estimate of drug-likeness (QED) is 0.0506. The van der Waals surface area contributed by atoms with E-state index in [0.29, 0.717) is 12.8 Å². The molecule has 2 N–H and O–H groups in total. The predicted octanol–water partition coefficient (Wildman–Crippen LogP) is 11.5. The van der Waals surface area contributed by atoms with E-state index in [1.54, 1.807) is 0 Å². The highest BCUT2D eigenvalue weighted by molar-refractivity contribution is 6.06. The molecule has 3 heteroatoms. The van der Waals surface area contributed by atoms with E-state index in [0.717, 1.165) is 38.5 Å². The fraction of sp³-hybridized carbons (Fsp3) is 0.838. The van der Waals surface area contributed by atoms with Crippen molar-refractivity contribution in [3.63, 3.8) is 0 Å². The average molecular weight is 560 g/mol.